The van der Waals surface area contributed by atoms with Crippen LogP contribution in [-0.2, 0) is 6.54 Å². The first-order valence-corrected chi connectivity index (χ1v) is 8.96. The number of benzene rings is 3. The molecule has 6 heteroatoms. The van der Waals surface area contributed by atoms with Crippen LogP contribution in [-0.4, -0.2) is 15.7 Å². The van der Waals surface area contributed by atoms with E-state index in [0.29, 0.717) is 28.2 Å². The zero-order valence-electron chi connectivity index (χ0n) is 14.6. The summed E-state index contributed by atoms with van der Waals surface area (Å²) in [6.07, 6.45) is 0. The molecule has 0 bridgehead atoms. The summed E-state index contributed by atoms with van der Waals surface area (Å²) < 4.78 is 1.63. The van der Waals surface area contributed by atoms with Crippen molar-refractivity contribution in [3.8, 4) is 0 Å². The average Bonchev–Trinajstić information content (AvgIpc) is 2.69. The van der Waals surface area contributed by atoms with E-state index in [2.05, 4.69) is 10.4 Å². The maximum absolute atomic E-state index is 12.9. The Morgan fingerprint density at radius 3 is 2.67 bits per heavy atom. The summed E-state index contributed by atoms with van der Waals surface area (Å²) in [7, 11) is 0. The monoisotopic (exact) mass is 377 g/mol. The Hall–Kier alpha value is -3.18. The molecule has 0 unspecified atom stereocenters. The Morgan fingerprint density at radius 2 is 1.85 bits per heavy atom. The lowest BCUT2D eigenvalue weighted by atomic mass is 10.1. The Bertz CT molecular complexity index is 1240. The highest BCUT2D eigenvalue weighted by Crippen LogP contribution is 2.23. The third kappa shape index (κ3) is 3.06. The smallest absolute Gasteiger partial charge is 0.280 e. The molecule has 0 saturated carbocycles. The zero-order valence-corrected chi connectivity index (χ0v) is 15.3. The van der Waals surface area contributed by atoms with E-state index in [1.807, 2.05) is 43.3 Å². The molecule has 1 heterocycles. The van der Waals surface area contributed by atoms with E-state index >= 15 is 0 Å². The number of anilines is 1. The third-order valence-corrected chi connectivity index (χ3v) is 4.70. The SMILES string of the molecule is CCn1nc(C(=O)Nc2cccc3ccccc23)c(=O)c2cc(Cl)ccc21. The highest BCUT2D eigenvalue weighted by molar-refractivity contribution is 6.31. The van der Waals surface area contributed by atoms with Gasteiger partial charge in [0.1, 0.15) is 0 Å². The van der Waals surface area contributed by atoms with Gasteiger partial charge in [-0.1, -0.05) is 48.0 Å². The molecule has 0 aliphatic carbocycles. The van der Waals surface area contributed by atoms with Crippen LogP contribution in [0, 0.1) is 0 Å². The summed E-state index contributed by atoms with van der Waals surface area (Å²) in [5.74, 6) is -0.541. The maximum atomic E-state index is 12.9. The summed E-state index contributed by atoms with van der Waals surface area (Å²) in [4.78, 5) is 25.7. The normalized spacial score (nSPS) is 11.0. The minimum absolute atomic E-state index is 0.153. The molecule has 0 spiro atoms. The lowest BCUT2D eigenvalue weighted by Crippen LogP contribution is -2.27. The van der Waals surface area contributed by atoms with Gasteiger partial charge in [-0.3, -0.25) is 14.3 Å². The fourth-order valence-corrected chi connectivity index (χ4v) is 3.34. The van der Waals surface area contributed by atoms with Crippen LogP contribution >= 0.6 is 11.6 Å². The number of rotatable bonds is 3. The summed E-state index contributed by atoms with van der Waals surface area (Å²) in [5, 5.41) is 9.81. The zero-order chi connectivity index (χ0) is 19.0. The second kappa shape index (κ2) is 6.85. The minimum Gasteiger partial charge on any atom is -0.320 e. The number of amides is 1. The lowest BCUT2D eigenvalue weighted by molar-refractivity contribution is 0.101. The summed E-state index contributed by atoms with van der Waals surface area (Å²) in [5.41, 5.74) is 0.691. The van der Waals surface area contributed by atoms with Crippen LogP contribution in [0.4, 0.5) is 5.69 Å². The predicted molar refractivity (Wildman–Crippen MR) is 109 cm³/mol. The van der Waals surface area contributed by atoms with Crippen molar-refractivity contribution in [1.82, 2.24) is 9.78 Å². The standard InChI is InChI=1S/C21H16ClN3O2/c1-2-25-18-11-10-14(22)12-16(18)20(26)19(24-25)21(27)23-17-9-5-7-13-6-3-4-8-15(13)17/h3-12H,2H2,1H3,(H,23,27). The van der Waals surface area contributed by atoms with Crippen molar-refractivity contribution < 1.29 is 4.79 Å². The molecule has 5 nitrogen and oxygen atoms in total. The first-order valence-electron chi connectivity index (χ1n) is 8.58. The van der Waals surface area contributed by atoms with E-state index in [1.165, 1.54) is 0 Å². The number of carbonyl (C=O) groups excluding carboxylic acids is 1. The van der Waals surface area contributed by atoms with Crippen LogP contribution in [0.2, 0.25) is 5.02 Å². The van der Waals surface area contributed by atoms with Gasteiger partial charge in [0.05, 0.1) is 10.9 Å². The summed E-state index contributed by atoms with van der Waals surface area (Å²) in [6, 6.07) is 18.4. The van der Waals surface area contributed by atoms with Gasteiger partial charge in [-0.05, 0) is 36.6 Å². The predicted octanol–water partition coefficient (Wildman–Crippen LogP) is 4.48. The Labute approximate surface area is 160 Å². The van der Waals surface area contributed by atoms with Crippen molar-refractivity contribution in [2.24, 2.45) is 0 Å². The van der Waals surface area contributed by atoms with E-state index in [1.54, 1.807) is 28.9 Å². The quantitative estimate of drug-likeness (QED) is 0.572. The lowest BCUT2D eigenvalue weighted by Gasteiger charge is -2.12. The van der Waals surface area contributed by atoms with E-state index in [-0.39, 0.29) is 5.69 Å². The van der Waals surface area contributed by atoms with Crippen LogP contribution in [0.5, 0.6) is 0 Å². The number of nitrogens with one attached hydrogen (secondary N) is 1. The van der Waals surface area contributed by atoms with Gasteiger partial charge < -0.3 is 5.32 Å². The molecule has 0 fully saturated rings. The molecule has 1 amide bonds. The number of aryl methyl sites for hydroxylation is 1. The molecule has 4 aromatic rings. The van der Waals surface area contributed by atoms with Gasteiger partial charge in [-0.15, -0.1) is 0 Å². The van der Waals surface area contributed by atoms with Crippen molar-refractivity contribution in [2.45, 2.75) is 13.5 Å². The molecule has 27 heavy (non-hydrogen) atoms. The van der Waals surface area contributed by atoms with E-state index in [9.17, 15) is 9.59 Å². The van der Waals surface area contributed by atoms with Crippen molar-refractivity contribution in [1.29, 1.82) is 0 Å². The van der Waals surface area contributed by atoms with Crippen LogP contribution in [0.1, 0.15) is 17.4 Å². The van der Waals surface area contributed by atoms with Crippen molar-refractivity contribution >= 4 is 44.9 Å². The molecule has 4 rings (SSSR count). The molecule has 1 N–H and O–H groups in total. The Kier molecular flexibility index (Phi) is 4.38. The van der Waals surface area contributed by atoms with Crippen molar-refractivity contribution in [2.75, 3.05) is 5.32 Å². The van der Waals surface area contributed by atoms with Gasteiger partial charge in [-0.25, -0.2) is 0 Å². The number of hydrogen-bond acceptors (Lipinski definition) is 3. The topological polar surface area (TPSA) is 64.0 Å². The van der Waals surface area contributed by atoms with Gasteiger partial charge in [0.2, 0.25) is 5.43 Å². The Morgan fingerprint density at radius 1 is 1.07 bits per heavy atom. The number of aromatic nitrogens is 2. The number of nitrogens with zero attached hydrogens (tertiary/aromatic N) is 2. The number of halogens is 1. The van der Waals surface area contributed by atoms with Gasteiger partial charge >= 0.3 is 0 Å². The molecular weight excluding hydrogens is 362 g/mol. The molecule has 0 radical (unpaired) electrons. The van der Waals surface area contributed by atoms with Gasteiger partial charge in [0.15, 0.2) is 5.69 Å². The minimum atomic E-state index is -0.541. The number of fused-ring (bicyclic) bond motifs is 2. The molecule has 0 saturated heterocycles. The largest absolute Gasteiger partial charge is 0.320 e. The average molecular weight is 378 g/mol. The van der Waals surface area contributed by atoms with Crippen LogP contribution < -0.4 is 10.7 Å². The fraction of sp³-hybridized carbons (Fsp3) is 0.0952. The molecule has 134 valence electrons. The van der Waals surface area contributed by atoms with Crippen molar-refractivity contribution in [3.05, 3.63) is 81.6 Å². The van der Waals surface area contributed by atoms with E-state index < -0.39 is 11.3 Å². The second-order valence-electron chi connectivity index (χ2n) is 6.14. The molecule has 0 aliphatic heterocycles. The number of hydrogen-bond donors (Lipinski definition) is 1. The highest BCUT2D eigenvalue weighted by Gasteiger charge is 2.18. The van der Waals surface area contributed by atoms with E-state index in [4.69, 9.17) is 11.6 Å². The second-order valence-corrected chi connectivity index (χ2v) is 6.57. The van der Waals surface area contributed by atoms with Gasteiger partial charge in [-0.2, -0.15) is 5.10 Å². The molecule has 0 atom stereocenters. The van der Waals surface area contributed by atoms with Gasteiger partial charge in [0, 0.05) is 22.6 Å². The maximum Gasteiger partial charge on any atom is 0.280 e. The third-order valence-electron chi connectivity index (χ3n) is 4.47. The number of carbonyl (C=O) groups is 1. The van der Waals surface area contributed by atoms with Gasteiger partial charge in [0.25, 0.3) is 5.91 Å². The highest BCUT2D eigenvalue weighted by atomic mass is 35.5. The molecule has 3 aromatic carbocycles. The van der Waals surface area contributed by atoms with Crippen molar-refractivity contribution in [3.63, 3.8) is 0 Å². The summed E-state index contributed by atoms with van der Waals surface area (Å²) in [6.45, 7) is 2.42. The molecular formula is C21H16ClN3O2. The van der Waals surface area contributed by atoms with Crippen LogP contribution in [0.15, 0.2) is 65.5 Å². The van der Waals surface area contributed by atoms with Crippen LogP contribution in [0.3, 0.4) is 0 Å². The first kappa shape index (κ1) is 17.2. The summed E-state index contributed by atoms with van der Waals surface area (Å²) >= 11 is 6.04. The first-order chi connectivity index (χ1) is 13.1. The van der Waals surface area contributed by atoms with Crippen LogP contribution in [0.25, 0.3) is 21.7 Å². The Balaban J connectivity index is 1.83. The van der Waals surface area contributed by atoms with E-state index in [0.717, 1.165) is 10.8 Å². The molecule has 0 aliphatic rings. The molecule has 1 aromatic heterocycles. The fourth-order valence-electron chi connectivity index (χ4n) is 3.17.